The van der Waals surface area contributed by atoms with Gasteiger partial charge in [0.2, 0.25) is 0 Å². The van der Waals surface area contributed by atoms with Crippen molar-refractivity contribution in [2.45, 2.75) is 78.6 Å². The molecule has 55 heavy (non-hydrogen) atoms. The quantitative estimate of drug-likeness (QED) is 0.113. The molecule has 3 aliphatic rings. The maximum absolute atomic E-state index is 7.43. The van der Waals surface area contributed by atoms with Crippen LogP contribution in [0.3, 0.4) is 0 Å². The zero-order valence-corrected chi connectivity index (χ0v) is 37.1. The van der Waals surface area contributed by atoms with Gasteiger partial charge in [0.25, 0.3) is 0 Å². The van der Waals surface area contributed by atoms with Crippen LogP contribution < -0.4 is 52.6 Å². The Morgan fingerprint density at radius 3 is 0.836 bits per heavy atom. The summed E-state index contributed by atoms with van der Waals surface area (Å²) < 4.78 is 0. The molecule has 0 saturated heterocycles. The first kappa shape index (κ1) is 37.6. The van der Waals surface area contributed by atoms with Gasteiger partial charge in [0.05, 0.1) is 17.1 Å². The lowest BCUT2D eigenvalue weighted by molar-refractivity contribution is 0.795. The lowest BCUT2D eigenvalue weighted by Crippen LogP contribution is -2.53. The minimum absolute atomic E-state index is 1.02. The molecule has 0 bridgehead atoms. The summed E-state index contributed by atoms with van der Waals surface area (Å²) in [5.41, 5.74) is 7.90. The van der Waals surface area contributed by atoms with Crippen molar-refractivity contribution in [3.05, 3.63) is 144 Å². The highest BCUT2D eigenvalue weighted by Gasteiger charge is 2.52. The molecule has 0 aromatic heterocycles. The molecule has 0 spiro atoms. The molecule has 3 heterocycles. The predicted octanol–water partition coefficient (Wildman–Crippen LogP) is 9.39. The summed E-state index contributed by atoms with van der Waals surface area (Å²) >= 11 is 22.3. The summed E-state index contributed by atoms with van der Waals surface area (Å²) in [7, 11) is 0. The van der Waals surface area contributed by atoms with Gasteiger partial charge in [0, 0.05) is 49.9 Å². The van der Waals surface area contributed by atoms with Gasteiger partial charge in [-0.1, -0.05) is 166 Å². The highest BCUT2D eigenvalue weighted by Crippen LogP contribution is 2.65. The average Bonchev–Trinajstić information content (AvgIpc) is 3.23. The van der Waals surface area contributed by atoms with Gasteiger partial charge in [-0.15, -0.1) is 0 Å². The SMILES string of the molecule is CCCCc1cc2c3c(c1)P(=S)(c1ccccc1)c1cc(CCCC)cc4c1N3c1c(cc(CCCC)cc1P4(=S)c1ccccc1)P2(=S)c1ccccc1. The second kappa shape index (κ2) is 14.8. The Morgan fingerprint density at radius 1 is 0.382 bits per heavy atom. The van der Waals surface area contributed by atoms with Crippen LogP contribution in [-0.2, 0) is 54.7 Å². The molecule has 0 aliphatic carbocycles. The second-order valence-electron chi connectivity index (χ2n) is 15.4. The Kier molecular flexibility index (Phi) is 10.1. The first-order valence-electron chi connectivity index (χ1n) is 20.1. The zero-order chi connectivity index (χ0) is 38.0. The number of nitrogens with zero attached hydrogens (tertiary/aromatic N) is 1. The summed E-state index contributed by atoms with van der Waals surface area (Å²) in [5, 5.41) is 11.6. The molecule has 1 nitrogen and oxygen atoms in total. The second-order valence-corrected chi connectivity index (χ2v) is 28.5. The molecule has 0 saturated carbocycles. The van der Waals surface area contributed by atoms with Crippen molar-refractivity contribution in [2.24, 2.45) is 0 Å². The van der Waals surface area contributed by atoms with Crippen LogP contribution in [0.5, 0.6) is 0 Å². The topological polar surface area (TPSA) is 3.24 Å². The first-order valence-corrected chi connectivity index (χ1v) is 28.5. The molecule has 278 valence electrons. The van der Waals surface area contributed by atoms with E-state index in [1.54, 1.807) is 0 Å². The van der Waals surface area contributed by atoms with Gasteiger partial charge < -0.3 is 4.90 Å². The molecule has 0 amide bonds. The Bertz CT molecular complexity index is 2230. The molecule has 0 N–H and O–H groups in total. The third-order valence-electron chi connectivity index (χ3n) is 11.9. The fourth-order valence-corrected chi connectivity index (χ4v) is 22.4. The van der Waals surface area contributed by atoms with Crippen LogP contribution in [0.4, 0.5) is 17.1 Å². The molecule has 0 unspecified atom stereocenters. The molecule has 3 aliphatic heterocycles. The summed E-state index contributed by atoms with van der Waals surface area (Å²) in [4.78, 5) is 2.67. The molecule has 7 heteroatoms. The van der Waals surface area contributed by atoms with E-state index in [1.807, 2.05) is 0 Å². The molecule has 0 fully saturated rings. The summed E-state index contributed by atoms with van der Waals surface area (Å²) in [5.74, 6) is 0. The van der Waals surface area contributed by atoms with Crippen molar-refractivity contribution in [1.82, 2.24) is 0 Å². The maximum atomic E-state index is 7.43. The van der Waals surface area contributed by atoms with Crippen molar-refractivity contribution in [3.63, 3.8) is 0 Å². The van der Waals surface area contributed by atoms with Gasteiger partial charge in [0.1, 0.15) is 0 Å². The minimum atomic E-state index is -2.60. The molecular formula is C48H48NP3S3. The summed E-state index contributed by atoms with van der Waals surface area (Å²) in [6, 6.07) is 40.7. The van der Waals surface area contributed by atoms with Crippen LogP contribution in [0.25, 0.3) is 0 Å². The fraction of sp³-hybridized carbons (Fsp3) is 0.250. The third kappa shape index (κ3) is 5.69. The van der Waals surface area contributed by atoms with Crippen LogP contribution in [0.1, 0.15) is 76.0 Å². The van der Waals surface area contributed by atoms with Gasteiger partial charge in [-0.2, -0.15) is 0 Å². The van der Waals surface area contributed by atoms with Crippen molar-refractivity contribution in [3.8, 4) is 0 Å². The Balaban J connectivity index is 1.53. The summed E-state index contributed by atoms with van der Waals surface area (Å²) in [6.45, 7) is 6.88. The van der Waals surface area contributed by atoms with E-state index in [4.69, 9.17) is 35.4 Å². The smallest absolute Gasteiger partial charge is 0.0644 e. The largest absolute Gasteiger partial charge is 0.306 e. The standard InChI is InChI=1S/C48H48NP3S3/c1-4-7-19-34-28-40-46-41(29-34)51(54,38-24-15-11-16-25-38)43-31-36(21-9-6-3)33-45-48(43)49(46)47-42(50(40,53)37-22-13-10-14-23-37)30-35(20-8-5-2)32-44(47)52(45,55)39-26-17-12-18-27-39/h10-18,22-33H,4-9,19-21H2,1-3H3. The highest BCUT2D eigenvalue weighted by atomic mass is 32.4. The average molecular weight is 828 g/mol. The van der Waals surface area contributed by atoms with E-state index < -0.39 is 18.1 Å². The Hall–Kier alpha value is -2.93. The van der Waals surface area contributed by atoms with Gasteiger partial charge in [-0.3, -0.25) is 0 Å². The van der Waals surface area contributed by atoms with Crippen LogP contribution in [0, 0.1) is 0 Å². The number of unbranched alkanes of at least 4 members (excludes halogenated alkanes) is 3. The number of hydrogen-bond acceptors (Lipinski definition) is 4. The van der Waals surface area contributed by atoms with E-state index in [0.29, 0.717) is 0 Å². The number of aryl methyl sites for hydroxylation is 3. The summed E-state index contributed by atoms with van der Waals surface area (Å²) in [6.07, 6.45) is 9.87. The maximum Gasteiger partial charge on any atom is 0.0644 e. The van der Waals surface area contributed by atoms with E-state index in [0.717, 1.165) is 57.8 Å². The van der Waals surface area contributed by atoms with Crippen LogP contribution >= 0.6 is 18.1 Å². The number of benzene rings is 6. The van der Waals surface area contributed by atoms with Gasteiger partial charge in [-0.25, -0.2) is 0 Å². The molecule has 0 atom stereocenters. The zero-order valence-electron chi connectivity index (χ0n) is 32.0. The monoisotopic (exact) mass is 827 g/mol. The van der Waals surface area contributed by atoms with Gasteiger partial charge in [-0.05, 0) is 108 Å². The van der Waals surface area contributed by atoms with E-state index in [9.17, 15) is 0 Å². The number of anilines is 3. The van der Waals surface area contributed by atoms with Crippen LogP contribution in [0.2, 0.25) is 0 Å². The Morgan fingerprint density at radius 2 is 0.618 bits per heavy atom. The van der Waals surface area contributed by atoms with E-state index in [2.05, 4.69) is 153 Å². The fourth-order valence-electron chi connectivity index (χ4n) is 9.16. The van der Waals surface area contributed by atoms with E-state index in [1.165, 1.54) is 81.5 Å². The van der Waals surface area contributed by atoms with Crippen molar-refractivity contribution in [2.75, 3.05) is 4.90 Å². The van der Waals surface area contributed by atoms with E-state index in [-0.39, 0.29) is 0 Å². The highest BCUT2D eigenvalue weighted by molar-refractivity contribution is 8.28. The van der Waals surface area contributed by atoms with Gasteiger partial charge in [0.15, 0.2) is 0 Å². The van der Waals surface area contributed by atoms with Crippen LogP contribution in [0.15, 0.2) is 127 Å². The lowest BCUT2D eigenvalue weighted by Gasteiger charge is -2.52. The third-order valence-corrected chi connectivity index (χ3v) is 26.5. The molecule has 9 rings (SSSR count). The lowest BCUT2D eigenvalue weighted by atomic mass is 10.0. The molecule has 6 aromatic carbocycles. The van der Waals surface area contributed by atoms with E-state index >= 15 is 0 Å². The normalized spacial score (nSPS) is 21.3. The molecular weight excluding hydrogens is 780 g/mol. The van der Waals surface area contributed by atoms with Crippen LogP contribution in [-0.4, -0.2) is 0 Å². The number of hydrogen-bond donors (Lipinski definition) is 0. The predicted molar refractivity (Wildman–Crippen MR) is 256 cm³/mol. The molecule has 0 radical (unpaired) electrons. The molecule has 6 aromatic rings. The van der Waals surface area contributed by atoms with Gasteiger partial charge >= 0.3 is 0 Å². The first-order chi connectivity index (χ1) is 26.8. The minimum Gasteiger partial charge on any atom is -0.306 e. The van der Waals surface area contributed by atoms with Crippen molar-refractivity contribution < 1.29 is 0 Å². The van der Waals surface area contributed by atoms with Crippen molar-refractivity contribution in [1.29, 1.82) is 0 Å². The number of rotatable bonds is 12. The Labute approximate surface area is 343 Å². The van der Waals surface area contributed by atoms with Crippen molar-refractivity contribution >= 4 is 118 Å².